The van der Waals surface area contributed by atoms with Crippen LogP contribution in [0, 0.1) is 5.92 Å². The summed E-state index contributed by atoms with van der Waals surface area (Å²) in [5.41, 5.74) is 0. The number of hydrogen-bond donors (Lipinski definition) is 1. The van der Waals surface area contributed by atoms with E-state index in [9.17, 15) is 8.42 Å². The minimum absolute atomic E-state index is 0.0490. The number of sulfonamides is 1. The molecule has 1 aliphatic rings. The molecule has 1 saturated carbocycles. The van der Waals surface area contributed by atoms with E-state index in [2.05, 4.69) is 4.72 Å². The van der Waals surface area contributed by atoms with Crippen LogP contribution in [0.25, 0.3) is 0 Å². The van der Waals surface area contributed by atoms with Crippen LogP contribution < -0.4 is 4.72 Å². The molecule has 1 fully saturated rings. The van der Waals surface area contributed by atoms with Gasteiger partial charge in [-0.3, -0.25) is 0 Å². The highest BCUT2D eigenvalue weighted by Crippen LogP contribution is 2.35. The van der Waals surface area contributed by atoms with Gasteiger partial charge in [-0.1, -0.05) is 0 Å². The minimum atomic E-state index is -3.23. The second-order valence-corrected chi connectivity index (χ2v) is 7.90. The van der Waals surface area contributed by atoms with Gasteiger partial charge in [0.2, 0.25) is 10.0 Å². The Labute approximate surface area is 91.3 Å². The lowest BCUT2D eigenvalue weighted by atomic mass is 10.3. The SMILES string of the molecule is CC(C)(C)S(=O)(=O)NCC(Cl)C1CC1. The summed E-state index contributed by atoms with van der Waals surface area (Å²) in [6, 6.07) is 0. The molecule has 1 N–H and O–H groups in total. The van der Waals surface area contributed by atoms with Crippen molar-refractivity contribution in [3.8, 4) is 0 Å². The highest BCUT2D eigenvalue weighted by Gasteiger charge is 2.33. The van der Waals surface area contributed by atoms with Gasteiger partial charge >= 0.3 is 0 Å². The molecule has 0 radical (unpaired) electrons. The Morgan fingerprint density at radius 3 is 2.29 bits per heavy atom. The Bertz CT molecular complexity index is 290. The van der Waals surface area contributed by atoms with Crippen LogP contribution in [0.3, 0.4) is 0 Å². The van der Waals surface area contributed by atoms with Gasteiger partial charge in [-0.05, 0) is 39.5 Å². The fourth-order valence-electron chi connectivity index (χ4n) is 1.03. The maximum absolute atomic E-state index is 11.6. The summed E-state index contributed by atoms with van der Waals surface area (Å²) in [5.74, 6) is 0.513. The molecule has 5 heteroatoms. The van der Waals surface area contributed by atoms with Gasteiger partial charge in [0.15, 0.2) is 0 Å². The van der Waals surface area contributed by atoms with Crippen LogP contribution in [-0.4, -0.2) is 25.1 Å². The van der Waals surface area contributed by atoms with E-state index in [1.165, 1.54) is 0 Å². The molecule has 1 unspecified atom stereocenters. The maximum Gasteiger partial charge on any atom is 0.216 e. The van der Waals surface area contributed by atoms with Gasteiger partial charge in [0, 0.05) is 11.9 Å². The van der Waals surface area contributed by atoms with Crippen molar-refractivity contribution < 1.29 is 8.42 Å². The molecule has 1 atom stereocenters. The van der Waals surface area contributed by atoms with Crippen LogP contribution in [0.4, 0.5) is 0 Å². The van der Waals surface area contributed by atoms with Gasteiger partial charge in [0.05, 0.1) is 4.75 Å². The molecule has 1 rings (SSSR count). The van der Waals surface area contributed by atoms with Crippen LogP contribution in [0.1, 0.15) is 33.6 Å². The number of hydrogen-bond acceptors (Lipinski definition) is 2. The van der Waals surface area contributed by atoms with Crippen molar-refractivity contribution in [2.75, 3.05) is 6.54 Å². The summed E-state index contributed by atoms with van der Waals surface area (Å²) < 4.78 is 25.1. The molecule has 0 spiro atoms. The lowest BCUT2D eigenvalue weighted by Gasteiger charge is -2.20. The fraction of sp³-hybridized carbons (Fsp3) is 1.00. The first-order valence-corrected chi connectivity index (χ1v) is 6.79. The summed E-state index contributed by atoms with van der Waals surface area (Å²) in [6.45, 7) is 5.38. The first kappa shape index (κ1) is 12.3. The standard InChI is InChI=1S/C9H18ClNO2S/c1-9(2,3)14(12,13)11-6-8(10)7-4-5-7/h7-8,11H,4-6H2,1-3H3. The molecule has 84 valence electrons. The zero-order valence-electron chi connectivity index (χ0n) is 8.88. The summed E-state index contributed by atoms with van der Waals surface area (Å²) in [5, 5.41) is -0.0490. The van der Waals surface area contributed by atoms with Gasteiger partial charge < -0.3 is 0 Å². The van der Waals surface area contributed by atoms with Crippen molar-refractivity contribution in [1.29, 1.82) is 0 Å². The number of halogens is 1. The molecule has 0 bridgehead atoms. The van der Waals surface area contributed by atoms with E-state index in [0.717, 1.165) is 12.8 Å². The molecule has 0 aromatic rings. The van der Waals surface area contributed by atoms with E-state index >= 15 is 0 Å². The van der Waals surface area contributed by atoms with Crippen molar-refractivity contribution in [3.05, 3.63) is 0 Å². The fourth-order valence-corrected chi connectivity index (χ4v) is 2.28. The van der Waals surface area contributed by atoms with E-state index < -0.39 is 14.8 Å². The Kier molecular flexibility index (Phi) is 3.49. The van der Waals surface area contributed by atoms with Gasteiger partial charge in [-0.25, -0.2) is 13.1 Å². The van der Waals surface area contributed by atoms with Crippen LogP contribution in [0.2, 0.25) is 0 Å². The predicted octanol–water partition coefficient (Wildman–Crippen LogP) is 1.72. The Balaban J connectivity index is 2.43. The molecule has 0 aromatic carbocycles. The minimum Gasteiger partial charge on any atom is -0.213 e. The largest absolute Gasteiger partial charge is 0.216 e. The van der Waals surface area contributed by atoms with Crippen molar-refractivity contribution in [1.82, 2.24) is 4.72 Å². The van der Waals surface area contributed by atoms with E-state index in [4.69, 9.17) is 11.6 Å². The Morgan fingerprint density at radius 1 is 1.43 bits per heavy atom. The molecular weight excluding hydrogens is 222 g/mol. The van der Waals surface area contributed by atoms with E-state index in [0.29, 0.717) is 12.5 Å². The lowest BCUT2D eigenvalue weighted by molar-refractivity contribution is 0.541. The molecular formula is C9H18ClNO2S. The summed E-state index contributed by atoms with van der Waals surface area (Å²) >= 11 is 6.01. The van der Waals surface area contributed by atoms with Crippen molar-refractivity contribution >= 4 is 21.6 Å². The normalized spacial score (nSPS) is 20.9. The molecule has 0 aromatic heterocycles. The van der Waals surface area contributed by atoms with Crippen molar-refractivity contribution in [3.63, 3.8) is 0 Å². The zero-order valence-corrected chi connectivity index (χ0v) is 10.5. The summed E-state index contributed by atoms with van der Waals surface area (Å²) in [7, 11) is -3.23. The molecule has 0 saturated heterocycles. The molecule has 0 aliphatic heterocycles. The highest BCUT2D eigenvalue weighted by atomic mass is 35.5. The number of alkyl halides is 1. The highest BCUT2D eigenvalue weighted by molar-refractivity contribution is 7.90. The first-order chi connectivity index (χ1) is 6.24. The zero-order chi connectivity index (χ0) is 11.0. The quantitative estimate of drug-likeness (QED) is 0.760. The average Bonchev–Trinajstić information content (AvgIpc) is 2.80. The van der Waals surface area contributed by atoms with Crippen molar-refractivity contribution in [2.45, 2.75) is 43.7 Å². The van der Waals surface area contributed by atoms with Gasteiger partial charge in [0.1, 0.15) is 0 Å². The van der Waals surface area contributed by atoms with Crippen LogP contribution in [-0.2, 0) is 10.0 Å². The number of rotatable bonds is 4. The third-order valence-corrected chi connectivity index (χ3v) is 5.08. The first-order valence-electron chi connectivity index (χ1n) is 4.87. The van der Waals surface area contributed by atoms with Gasteiger partial charge in [0.25, 0.3) is 0 Å². The Morgan fingerprint density at radius 2 is 1.93 bits per heavy atom. The topological polar surface area (TPSA) is 46.2 Å². The van der Waals surface area contributed by atoms with E-state index in [1.54, 1.807) is 20.8 Å². The Hall–Kier alpha value is 0.200. The van der Waals surface area contributed by atoms with Gasteiger partial charge in [-0.2, -0.15) is 0 Å². The van der Waals surface area contributed by atoms with E-state index in [-0.39, 0.29) is 5.38 Å². The predicted molar refractivity (Wildman–Crippen MR) is 59.0 cm³/mol. The second-order valence-electron chi connectivity index (χ2n) is 4.82. The van der Waals surface area contributed by atoms with Crippen LogP contribution >= 0.6 is 11.6 Å². The molecule has 0 heterocycles. The second kappa shape index (κ2) is 3.99. The third kappa shape index (κ3) is 3.11. The molecule has 0 amide bonds. The molecule has 14 heavy (non-hydrogen) atoms. The van der Waals surface area contributed by atoms with Crippen LogP contribution in [0.15, 0.2) is 0 Å². The van der Waals surface area contributed by atoms with Crippen LogP contribution in [0.5, 0.6) is 0 Å². The molecule has 1 aliphatic carbocycles. The molecule has 3 nitrogen and oxygen atoms in total. The van der Waals surface area contributed by atoms with Crippen molar-refractivity contribution in [2.24, 2.45) is 5.92 Å². The summed E-state index contributed by atoms with van der Waals surface area (Å²) in [6.07, 6.45) is 2.26. The third-order valence-electron chi connectivity index (χ3n) is 2.41. The lowest BCUT2D eigenvalue weighted by Crippen LogP contribution is -2.42. The summed E-state index contributed by atoms with van der Waals surface area (Å²) in [4.78, 5) is 0. The number of nitrogens with one attached hydrogen (secondary N) is 1. The van der Waals surface area contributed by atoms with E-state index in [1.807, 2.05) is 0 Å². The smallest absolute Gasteiger partial charge is 0.213 e. The average molecular weight is 240 g/mol. The monoisotopic (exact) mass is 239 g/mol. The van der Waals surface area contributed by atoms with Gasteiger partial charge in [-0.15, -0.1) is 11.6 Å². The maximum atomic E-state index is 11.6.